The lowest BCUT2D eigenvalue weighted by Gasteiger charge is -2.35. The van der Waals surface area contributed by atoms with Crippen molar-refractivity contribution < 1.29 is 0 Å². The molecule has 1 aliphatic rings. The fourth-order valence-corrected chi connectivity index (χ4v) is 3.15. The molecule has 0 amide bonds. The van der Waals surface area contributed by atoms with Gasteiger partial charge in [-0.05, 0) is 76.3 Å². The zero-order valence-electron chi connectivity index (χ0n) is 13.0. The predicted octanol–water partition coefficient (Wildman–Crippen LogP) is 2.72. The Morgan fingerprint density at radius 3 is 2.85 bits per heavy atom. The standard InChI is InChI=1S/C17H29N3/c1-3-11-20-12-7-17(8-13-20)15(2)19-10-6-16-5-4-9-18-14-16/h4-5,9,14-15,17,19H,3,6-8,10-13H2,1-2H3. The van der Waals surface area contributed by atoms with Gasteiger partial charge in [-0.1, -0.05) is 13.0 Å². The highest BCUT2D eigenvalue weighted by atomic mass is 15.1. The van der Waals surface area contributed by atoms with Gasteiger partial charge in [0.15, 0.2) is 0 Å². The molecule has 1 aliphatic heterocycles. The van der Waals surface area contributed by atoms with Crippen molar-refractivity contribution in [1.82, 2.24) is 15.2 Å². The van der Waals surface area contributed by atoms with Crippen molar-refractivity contribution in [3.63, 3.8) is 0 Å². The van der Waals surface area contributed by atoms with Gasteiger partial charge in [0.25, 0.3) is 0 Å². The van der Waals surface area contributed by atoms with Crippen LogP contribution in [0.3, 0.4) is 0 Å². The van der Waals surface area contributed by atoms with E-state index >= 15 is 0 Å². The molecule has 1 fully saturated rings. The summed E-state index contributed by atoms with van der Waals surface area (Å²) in [6, 6.07) is 4.81. The summed E-state index contributed by atoms with van der Waals surface area (Å²) in [5.41, 5.74) is 1.32. The minimum absolute atomic E-state index is 0.635. The number of piperidine rings is 1. The number of rotatable bonds is 7. The van der Waals surface area contributed by atoms with E-state index in [-0.39, 0.29) is 0 Å². The molecule has 1 unspecified atom stereocenters. The number of nitrogens with one attached hydrogen (secondary N) is 1. The first-order chi connectivity index (χ1) is 9.79. The molecular formula is C17H29N3. The SMILES string of the molecule is CCCN1CCC(C(C)NCCc2cccnc2)CC1. The summed E-state index contributed by atoms with van der Waals surface area (Å²) in [4.78, 5) is 6.77. The minimum atomic E-state index is 0.635. The van der Waals surface area contributed by atoms with Gasteiger partial charge in [-0.3, -0.25) is 4.98 Å². The average Bonchev–Trinajstić information content (AvgIpc) is 2.49. The highest BCUT2D eigenvalue weighted by molar-refractivity contribution is 5.08. The summed E-state index contributed by atoms with van der Waals surface area (Å²) >= 11 is 0. The summed E-state index contributed by atoms with van der Waals surface area (Å²) in [7, 11) is 0. The van der Waals surface area contributed by atoms with Crippen LogP contribution in [0.15, 0.2) is 24.5 Å². The average molecular weight is 275 g/mol. The summed E-state index contributed by atoms with van der Waals surface area (Å²) in [5.74, 6) is 0.844. The number of hydrogen-bond donors (Lipinski definition) is 1. The van der Waals surface area contributed by atoms with Crippen molar-refractivity contribution >= 4 is 0 Å². The Balaban J connectivity index is 1.64. The zero-order valence-corrected chi connectivity index (χ0v) is 13.0. The Kier molecular flexibility index (Phi) is 6.48. The molecule has 0 spiro atoms. The molecule has 3 nitrogen and oxygen atoms in total. The van der Waals surface area contributed by atoms with Crippen LogP contribution in [-0.4, -0.2) is 42.1 Å². The van der Waals surface area contributed by atoms with Crippen molar-refractivity contribution in [3.05, 3.63) is 30.1 Å². The third kappa shape index (κ3) is 4.88. The quantitative estimate of drug-likeness (QED) is 0.829. The lowest BCUT2D eigenvalue weighted by Crippen LogP contribution is -2.42. The van der Waals surface area contributed by atoms with E-state index < -0.39 is 0 Å². The number of pyridine rings is 1. The Morgan fingerprint density at radius 2 is 2.20 bits per heavy atom. The second-order valence-electron chi connectivity index (χ2n) is 6.03. The van der Waals surface area contributed by atoms with Gasteiger partial charge < -0.3 is 10.2 Å². The van der Waals surface area contributed by atoms with E-state index in [0.29, 0.717) is 6.04 Å². The molecule has 1 aromatic rings. The molecule has 0 radical (unpaired) electrons. The van der Waals surface area contributed by atoms with E-state index in [9.17, 15) is 0 Å². The molecule has 0 bridgehead atoms. The van der Waals surface area contributed by atoms with Crippen molar-refractivity contribution in [2.24, 2.45) is 5.92 Å². The number of hydrogen-bond acceptors (Lipinski definition) is 3. The van der Waals surface area contributed by atoms with E-state index in [0.717, 1.165) is 18.9 Å². The van der Waals surface area contributed by atoms with Crippen molar-refractivity contribution in [1.29, 1.82) is 0 Å². The first-order valence-electron chi connectivity index (χ1n) is 8.14. The molecule has 0 saturated carbocycles. The van der Waals surface area contributed by atoms with E-state index in [1.807, 2.05) is 18.5 Å². The lowest BCUT2D eigenvalue weighted by atomic mass is 9.90. The van der Waals surface area contributed by atoms with E-state index in [2.05, 4.69) is 35.1 Å². The highest BCUT2D eigenvalue weighted by Crippen LogP contribution is 2.20. The molecule has 3 heteroatoms. The van der Waals surface area contributed by atoms with Gasteiger partial charge in [-0.2, -0.15) is 0 Å². The van der Waals surface area contributed by atoms with Crippen LogP contribution < -0.4 is 5.32 Å². The minimum Gasteiger partial charge on any atom is -0.314 e. The molecule has 1 aromatic heterocycles. The Bertz CT molecular complexity index is 358. The van der Waals surface area contributed by atoms with Crippen molar-refractivity contribution in [2.75, 3.05) is 26.2 Å². The topological polar surface area (TPSA) is 28.2 Å². The van der Waals surface area contributed by atoms with Crippen LogP contribution in [0.5, 0.6) is 0 Å². The molecule has 20 heavy (non-hydrogen) atoms. The molecule has 0 aromatic carbocycles. The normalized spacial score (nSPS) is 19.1. The van der Waals surface area contributed by atoms with E-state index in [4.69, 9.17) is 0 Å². The van der Waals surface area contributed by atoms with Crippen molar-refractivity contribution in [2.45, 2.75) is 45.6 Å². The van der Waals surface area contributed by atoms with Gasteiger partial charge >= 0.3 is 0 Å². The Labute approximate surface area is 123 Å². The van der Waals surface area contributed by atoms with E-state index in [1.54, 1.807) is 0 Å². The smallest absolute Gasteiger partial charge is 0.0300 e. The summed E-state index contributed by atoms with van der Waals surface area (Å²) in [6.07, 6.45) is 8.86. The monoisotopic (exact) mass is 275 g/mol. The number of likely N-dealkylation sites (tertiary alicyclic amines) is 1. The first-order valence-corrected chi connectivity index (χ1v) is 8.14. The molecule has 1 atom stereocenters. The van der Waals surface area contributed by atoms with Gasteiger partial charge in [0.05, 0.1) is 0 Å². The molecule has 112 valence electrons. The third-order valence-corrected chi connectivity index (χ3v) is 4.48. The second kappa shape index (κ2) is 8.38. The number of aromatic nitrogens is 1. The third-order valence-electron chi connectivity index (χ3n) is 4.48. The van der Waals surface area contributed by atoms with Gasteiger partial charge in [0, 0.05) is 18.4 Å². The fourth-order valence-electron chi connectivity index (χ4n) is 3.15. The first kappa shape index (κ1) is 15.5. The molecule has 1 saturated heterocycles. The van der Waals surface area contributed by atoms with Crippen LogP contribution in [-0.2, 0) is 6.42 Å². The summed E-state index contributed by atoms with van der Waals surface area (Å²) in [6.45, 7) is 9.52. The van der Waals surface area contributed by atoms with Gasteiger partial charge in [0.1, 0.15) is 0 Å². The van der Waals surface area contributed by atoms with E-state index in [1.165, 1.54) is 44.5 Å². The molecule has 2 heterocycles. The Morgan fingerprint density at radius 1 is 1.40 bits per heavy atom. The summed E-state index contributed by atoms with van der Waals surface area (Å²) < 4.78 is 0. The molecule has 0 aliphatic carbocycles. The fraction of sp³-hybridized carbons (Fsp3) is 0.706. The predicted molar refractivity (Wildman–Crippen MR) is 84.9 cm³/mol. The van der Waals surface area contributed by atoms with Gasteiger partial charge in [-0.25, -0.2) is 0 Å². The van der Waals surface area contributed by atoms with Crippen molar-refractivity contribution in [3.8, 4) is 0 Å². The highest BCUT2D eigenvalue weighted by Gasteiger charge is 2.22. The lowest BCUT2D eigenvalue weighted by molar-refractivity contribution is 0.163. The number of nitrogens with zero attached hydrogens (tertiary/aromatic N) is 2. The second-order valence-corrected chi connectivity index (χ2v) is 6.03. The molecular weight excluding hydrogens is 246 g/mol. The molecule has 1 N–H and O–H groups in total. The van der Waals surface area contributed by atoms with Gasteiger partial charge in [-0.15, -0.1) is 0 Å². The van der Waals surface area contributed by atoms with Crippen LogP contribution in [0.4, 0.5) is 0 Å². The zero-order chi connectivity index (χ0) is 14.2. The van der Waals surface area contributed by atoms with Crippen LogP contribution >= 0.6 is 0 Å². The van der Waals surface area contributed by atoms with Crippen LogP contribution in [0.25, 0.3) is 0 Å². The largest absolute Gasteiger partial charge is 0.314 e. The summed E-state index contributed by atoms with van der Waals surface area (Å²) in [5, 5.41) is 3.70. The van der Waals surface area contributed by atoms with Crippen LogP contribution in [0, 0.1) is 5.92 Å². The molecule has 2 rings (SSSR count). The van der Waals surface area contributed by atoms with Crippen LogP contribution in [0.1, 0.15) is 38.7 Å². The maximum atomic E-state index is 4.16. The maximum Gasteiger partial charge on any atom is 0.0300 e. The maximum absolute atomic E-state index is 4.16. The Hall–Kier alpha value is -0.930. The van der Waals surface area contributed by atoms with Gasteiger partial charge in [0.2, 0.25) is 0 Å². The van der Waals surface area contributed by atoms with Crippen LogP contribution in [0.2, 0.25) is 0 Å².